The molecule has 0 rings (SSSR count). The molecule has 0 radical (unpaired) electrons. The summed E-state index contributed by atoms with van der Waals surface area (Å²) in [5.41, 5.74) is 0. The number of aliphatic hydroxyl groups is 2. The summed E-state index contributed by atoms with van der Waals surface area (Å²) in [5, 5.41) is 23.1. The molecule has 0 heterocycles. The van der Waals surface area contributed by atoms with Gasteiger partial charge in [-0.25, -0.2) is 0 Å². The van der Waals surface area contributed by atoms with Crippen LogP contribution in [0.1, 0.15) is 367 Å². The van der Waals surface area contributed by atoms with Gasteiger partial charge in [-0.2, -0.15) is 0 Å². The van der Waals surface area contributed by atoms with Crippen LogP contribution in [-0.4, -0.2) is 47.4 Å². The van der Waals surface area contributed by atoms with Crippen LogP contribution in [0.25, 0.3) is 0 Å². The summed E-state index contributed by atoms with van der Waals surface area (Å²) in [6.07, 6.45) is 74.2. The van der Waals surface area contributed by atoms with Gasteiger partial charge in [-0.1, -0.05) is 334 Å². The third-order valence-corrected chi connectivity index (χ3v) is 15.3. The van der Waals surface area contributed by atoms with Crippen LogP contribution in [0.2, 0.25) is 0 Å². The Labute approximate surface area is 444 Å². The van der Waals surface area contributed by atoms with Crippen molar-refractivity contribution in [1.82, 2.24) is 5.32 Å². The number of carbonyl (C=O) groups is 2. The van der Waals surface area contributed by atoms with E-state index in [4.69, 9.17) is 4.74 Å². The second-order valence-electron chi connectivity index (χ2n) is 22.5. The van der Waals surface area contributed by atoms with Crippen molar-refractivity contribution < 1.29 is 24.5 Å². The van der Waals surface area contributed by atoms with Crippen molar-refractivity contribution >= 4 is 11.9 Å². The second-order valence-corrected chi connectivity index (χ2v) is 22.5. The molecule has 3 N–H and O–H groups in total. The number of hydrogen-bond acceptors (Lipinski definition) is 5. The summed E-state index contributed by atoms with van der Waals surface area (Å²) in [4.78, 5) is 24.5. The highest BCUT2D eigenvalue weighted by atomic mass is 16.5. The summed E-state index contributed by atoms with van der Waals surface area (Å²) in [6, 6.07) is -0.623. The van der Waals surface area contributed by atoms with Crippen molar-refractivity contribution in [3.8, 4) is 0 Å². The highest BCUT2D eigenvalue weighted by molar-refractivity contribution is 5.76. The predicted molar refractivity (Wildman–Crippen MR) is 310 cm³/mol. The van der Waals surface area contributed by atoms with Gasteiger partial charge in [0, 0.05) is 12.8 Å². The minimum Gasteiger partial charge on any atom is -0.466 e. The molecule has 0 aromatic rings. The molecule has 2 unspecified atom stereocenters. The van der Waals surface area contributed by atoms with Crippen LogP contribution in [0.3, 0.4) is 0 Å². The van der Waals surface area contributed by atoms with Crippen molar-refractivity contribution in [2.75, 3.05) is 13.2 Å². The third-order valence-electron chi connectivity index (χ3n) is 15.3. The molecule has 0 spiro atoms. The number of amides is 1. The second kappa shape index (κ2) is 61.1. The molecule has 2 atom stereocenters. The fraction of sp³-hybridized carbons (Fsp3) is 0.938. The molecular weight excluding hydrogens is 875 g/mol. The number of unbranched alkanes of at least 4 members (excludes halogenated alkanes) is 50. The molecule has 0 bridgehead atoms. The zero-order valence-electron chi connectivity index (χ0n) is 48.2. The minimum atomic E-state index is -0.839. The maximum absolute atomic E-state index is 12.4. The Bertz CT molecular complexity index is 1060. The number of nitrogens with one attached hydrogen (secondary N) is 1. The number of esters is 1. The monoisotopic (exact) mass is 1000 g/mol. The van der Waals surface area contributed by atoms with E-state index in [2.05, 4.69) is 19.2 Å². The number of rotatable bonds is 61. The average molecular weight is 1000 g/mol. The Morgan fingerprint density at radius 3 is 0.958 bits per heavy atom. The number of aliphatic hydroxyl groups excluding tert-OH is 2. The molecule has 6 nitrogen and oxygen atoms in total. The highest BCUT2D eigenvalue weighted by Crippen LogP contribution is 2.18. The van der Waals surface area contributed by atoms with Gasteiger partial charge in [0.2, 0.25) is 5.91 Å². The van der Waals surface area contributed by atoms with Gasteiger partial charge in [0.25, 0.3) is 0 Å². The Morgan fingerprint density at radius 2 is 0.648 bits per heavy atom. The number of hydrogen-bond donors (Lipinski definition) is 3. The van der Waals surface area contributed by atoms with Crippen LogP contribution < -0.4 is 5.32 Å². The maximum atomic E-state index is 12.4. The van der Waals surface area contributed by atoms with Gasteiger partial charge in [0.15, 0.2) is 0 Å². The SMILES string of the molecule is CCCCCCCCCCCC/C=C/C(O)C(CO)NC(=O)CCCCCCCCCCCCCCCCCCCCCCCCCCCCCCCCOC(=O)CCCCCCCCCCCCCC. The zero-order chi connectivity index (χ0) is 51.4. The first kappa shape index (κ1) is 69.6. The highest BCUT2D eigenvalue weighted by Gasteiger charge is 2.18. The lowest BCUT2D eigenvalue weighted by molar-refractivity contribution is -0.143. The van der Waals surface area contributed by atoms with Gasteiger partial charge in [-0.3, -0.25) is 9.59 Å². The van der Waals surface area contributed by atoms with Gasteiger partial charge < -0.3 is 20.3 Å². The number of ether oxygens (including phenoxy) is 1. The van der Waals surface area contributed by atoms with E-state index in [9.17, 15) is 19.8 Å². The van der Waals surface area contributed by atoms with E-state index in [-0.39, 0.29) is 18.5 Å². The van der Waals surface area contributed by atoms with Crippen LogP contribution in [-0.2, 0) is 14.3 Å². The smallest absolute Gasteiger partial charge is 0.305 e. The fourth-order valence-corrected chi connectivity index (χ4v) is 10.3. The Kier molecular flexibility index (Phi) is 59.9. The van der Waals surface area contributed by atoms with Crippen LogP contribution in [0, 0.1) is 0 Å². The van der Waals surface area contributed by atoms with Crippen molar-refractivity contribution in [2.45, 2.75) is 379 Å². The van der Waals surface area contributed by atoms with E-state index in [1.807, 2.05) is 6.08 Å². The van der Waals surface area contributed by atoms with E-state index >= 15 is 0 Å². The van der Waals surface area contributed by atoms with Crippen molar-refractivity contribution in [2.24, 2.45) is 0 Å². The standard InChI is InChI=1S/C65H127NO5/c1-3-5-7-9-11-13-15-37-41-45-49-53-57-63(68)62(61-67)66-64(69)58-54-50-46-42-38-35-33-31-29-27-25-23-21-19-17-18-20-22-24-26-28-30-32-34-36-40-44-48-52-56-60-71-65(70)59-55-51-47-43-39-16-14-12-10-8-6-4-2/h53,57,62-63,67-68H,3-52,54-56,58-61H2,1-2H3,(H,66,69)/b57-53+. The quantitative estimate of drug-likeness (QED) is 0.0320. The summed E-state index contributed by atoms with van der Waals surface area (Å²) in [5.74, 6) is -0.0420. The van der Waals surface area contributed by atoms with Crippen LogP contribution in [0.15, 0.2) is 12.2 Å². The summed E-state index contributed by atoms with van der Waals surface area (Å²) >= 11 is 0. The van der Waals surface area contributed by atoms with Gasteiger partial charge in [0.05, 0.1) is 25.4 Å². The lowest BCUT2D eigenvalue weighted by Crippen LogP contribution is -2.45. The number of carbonyl (C=O) groups excluding carboxylic acids is 2. The molecule has 0 aliphatic carbocycles. The van der Waals surface area contributed by atoms with Crippen LogP contribution in [0.5, 0.6) is 0 Å². The Morgan fingerprint density at radius 1 is 0.380 bits per heavy atom. The van der Waals surface area contributed by atoms with E-state index < -0.39 is 12.1 Å². The number of allylic oxidation sites excluding steroid dienone is 1. The molecule has 0 saturated heterocycles. The summed E-state index contributed by atoms with van der Waals surface area (Å²) < 4.78 is 5.48. The van der Waals surface area contributed by atoms with Crippen LogP contribution >= 0.6 is 0 Å². The molecule has 1 amide bonds. The molecule has 0 saturated carbocycles. The lowest BCUT2D eigenvalue weighted by atomic mass is 10.0. The van der Waals surface area contributed by atoms with Crippen molar-refractivity contribution in [3.63, 3.8) is 0 Å². The first-order valence-electron chi connectivity index (χ1n) is 32.5. The average Bonchev–Trinajstić information content (AvgIpc) is 3.37. The molecule has 0 aromatic carbocycles. The molecule has 422 valence electrons. The fourth-order valence-electron chi connectivity index (χ4n) is 10.3. The first-order valence-corrected chi connectivity index (χ1v) is 32.5. The summed E-state index contributed by atoms with van der Waals surface area (Å²) in [7, 11) is 0. The van der Waals surface area contributed by atoms with Gasteiger partial charge >= 0.3 is 5.97 Å². The first-order chi connectivity index (χ1) is 35.0. The van der Waals surface area contributed by atoms with E-state index in [0.717, 1.165) is 38.5 Å². The molecule has 0 aliphatic heterocycles. The summed E-state index contributed by atoms with van der Waals surface area (Å²) in [6.45, 7) is 4.92. The van der Waals surface area contributed by atoms with Gasteiger partial charge in [-0.05, 0) is 32.1 Å². The third kappa shape index (κ3) is 57.7. The van der Waals surface area contributed by atoms with Gasteiger partial charge in [0.1, 0.15) is 0 Å². The van der Waals surface area contributed by atoms with Crippen molar-refractivity contribution in [3.05, 3.63) is 12.2 Å². The van der Waals surface area contributed by atoms with E-state index in [1.165, 1.54) is 302 Å². The Balaban J connectivity index is 3.32. The maximum Gasteiger partial charge on any atom is 0.305 e. The molecule has 0 aromatic heterocycles. The minimum absolute atomic E-state index is 0.0210. The largest absolute Gasteiger partial charge is 0.466 e. The predicted octanol–water partition coefficient (Wildman–Crippen LogP) is 20.4. The molecule has 0 aliphatic rings. The van der Waals surface area contributed by atoms with Gasteiger partial charge in [-0.15, -0.1) is 0 Å². The van der Waals surface area contributed by atoms with E-state index in [0.29, 0.717) is 19.4 Å². The molecule has 71 heavy (non-hydrogen) atoms. The lowest BCUT2D eigenvalue weighted by Gasteiger charge is -2.20. The molecule has 6 heteroatoms. The zero-order valence-corrected chi connectivity index (χ0v) is 48.2. The topological polar surface area (TPSA) is 95.9 Å². The molecular formula is C65H127NO5. The normalized spacial score (nSPS) is 12.6. The Hall–Kier alpha value is -1.40. The molecule has 0 fully saturated rings. The van der Waals surface area contributed by atoms with Crippen LogP contribution in [0.4, 0.5) is 0 Å². The van der Waals surface area contributed by atoms with E-state index in [1.54, 1.807) is 6.08 Å². The van der Waals surface area contributed by atoms with Crippen molar-refractivity contribution in [1.29, 1.82) is 0 Å².